The van der Waals surface area contributed by atoms with Gasteiger partial charge < -0.3 is 15.3 Å². The van der Waals surface area contributed by atoms with Crippen LogP contribution in [0.2, 0.25) is 10.0 Å². The van der Waals surface area contributed by atoms with Gasteiger partial charge in [0.2, 0.25) is 0 Å². The summed E-state index contributed by atoms with van der Waals surface area (Å²) < 4.78 is 0. The highest BCUT2D eigenvalue weighted by atomic mass is 35.5. The van der Waals surface area contributed by atoms with E-state index in [0.29, 0.717) is 22.2 Å². The highest BCUT2D eigenvalue weighted by Crippen LogP contribution is 2.25. The molecular formula is C14H20Cl2N2OS. The van der Waals surface area contributed by atoms with E-state index in [4.69, 9.17) is 23.2 Å². The molecular weight excluding hydrogens is 315 g/mol. The van der Waals surface area contributed by atoms with Gasteiger partial charge in [0.05, 0.1) is 6.10 Å². The van der Waals surface area contributed by atoms with Gasteiger partial charge in [0.15, 0.2) is 0 Å². The molecule has 1 aromatic carbocycles. The molecule has 6 heteroatoms. The molecule has 0 aliphatic carbocycles. The second kappa shape index (κ2) is 8.47. The van der Waals surface area contributed by atoms with E-state index in [-0.39, 0.29) is 0 Å². The van der Waals surface area contributed by atoms with Gasteiger partial charge in [-0.15, -0.1) is 0 Å². The molecule has 0 aromatic heterocycles. The molecule has 0 saturated carbocycles. The monoisotopic (exact) mass is 334 g/mol. The fraction of sp³-hybridized carbons (Fsp3) is 0.571. The summed E-state index contributed by atoms with van der Waals surface area (Å²) in [4.78, 5) is 2.45. The number of hydrogen-bond donors (Lipinski definition) is 2. The van der Waals surface area contributed by atoms with E-state index >= 15 is 0 Å². The van der Waals surface area contributed by atoms with Crippen LogP contribution in [0, 0.1) is 0 Å². The minimum Gasteiger partial charge on any atom is -0.387 e. The van der Waals surface area contributed by atoms with Crippen molar-refractivity contribution in [2.45, 2.75) is 6.10 Å². The van der Waals surface area contributed by atoms with Crippen LogP contribution in [-0.2, 0) is 0 Å². The molecule has 0 spiro atoms. The zero-order valence-electron chi connectivity index (χ0n) is 11.3. The number of benzene rings is 1. The number of halogens is 2. The minimum absolute atomic E-state index is 0.489. The van der Waals surface area contributed by atoms with Gasteiger partial charge in [-0.2, -0.15) is 11.8 Å². The van der Waals surface area contributed by atoms with E-state index in [1.807, 2.05) is 11.8 Å². The van der Waals surface area contributed by atoms with Gasteiger partial charge in [0.25, 0.3) is 0 Å². The van der Waals surface area contributed by atoms with Crippen molar-refractivity contribution in [1.82, 2.24) is 10.2 Å². The predicted octanol–water partition coefficient (Wildman–Crippen LogP) is 2.67. The summed E-state index contributed by atoms with van der Waals surface area (Å²) in [5.74, 6) is 2.45. The molecule has 3 nitrogen and oxygen atoms in total. The first-order valence-electron chi connectivity index (χ1n) is 6.80. The van der Waals surface area contributed by atoms with E-state index in [1.165, 1.54) is 11.5 Å². The largest absolute Gasteiger partial charge is 0.387 e. The molecule has 1 atom stereocenters. The molecule has 1 aromatic rings. The van der Waals surface area contributed by atoms with Gasteiger partial charge in [-0.1, -0.05) is 23.2 Å². The first-order chi connectivity index (χ1) is 9.66. The molecule has 1 aliphatic heterocycles. The quantitative estimate of drug-likeness (QED) is 0.784. The Kier molecular flexibility index (Phi) is 6.94. The third-order valence-corrected chi connectivity index (χ3v) is 4.89. The Hall–Kier alpha value is 0.0300. The molecule has 20 heavy (non-hydrogen) atoms. The van der Waals surface area contributed by atoms with Crippen LogP contribution in [0.1, 0.15) is 11.7 Å². The Bertz CT molecular complexity index is 428. The normalized spacial score (nSPS) is 18.1. The Morgan fingerprint density at radius 3 is 2.80 bits per heavy atom. The lowest BCUT2D eigenvalue weighted by atomic mass is 10.1. The molecule has 0 amide bonds. The van der Waals surface area contributed by atoms with Crippen LogP contribution < -0.4 is 5.32 Å². The third kappa shape index (κ3) is 5.10. The zero-order chi connectivity index (χ0) is 14.4. The van der Waals surface area contributed by atoms with E-state index in [2.05, 4.69) is 10.2 Å². The maximum atomic E-state index is 10.1. The first-order valence-corrected chi connectivity index (χ1v) is 8.71. The topological polar surface area (TPSA) is 35.5 Å². The van der Waals surface area contributed by atoms with Crippen molar-refractivity contribution >= 4 is 35.0 Å². The van der Waals surface area contributed by atoms with Crippen LogP contribution in [0.25, 0.3) is 0 Å². The van der Waals surface area contributed by atoms with Crippen molar-refractivity contribution in [3.8, 4) is 0 Å². The Balaban J connectivity index is 1.71. The van der Waals surface area contributed by atoms with E-state index in [9.17, 15) is 5.11 Å². The Labute approximate surface area is 134 Å². The maximum absolute atomic E-state index is 10.1. The molecule has 112 valence electrons. The van der Waals surface area contributed by atoms with Crippen LogP contribution >= 0.6 is 35.0 Å². The average molecular weight is 335 g/mol. The van der Waals surface area contributed by atoms with Crippen LogP contribution in [0.15, 0.2) is 18.2 Å². The first kappa shape index (κ1) is 16.4. The number of thioether (sulfide) groups is 1. The molecule has 1 unspecified atom stereocenters. The van der Waals surface area contributed by atoms with Crippen LogP contribution in [0.5, 0.6) is 0 Å². The van der Waals surface area contributed by atoms with Crippen molar-refractivity contribution < 1.29 is 5.11 Å². The summed E-state index contributed by atoms with van der Waals surface area (Å²) >= 11 is 14.0. The van der Waals surface area contributed by atoms with Gasteiger partial charge >= 0.3 is 0 Å². The highest BCUT2D eigenvalue weighted by molar-refractivity contribution is 7.99. The van der Waals surface area contributed by atoms with Crippen LogP contribution in [0.4, 0.5) is 0 Å². The number of nitrogens with zero attached hydrogens (tertiary/aromatic N) is 1. The lowest BCUT2D eigenvalue weighted by molar-refractivity contribution is 0.172. The van der Waals surface area contributed by atoms with Crippen molar-refractivity contribution in [3.05, 3.63) is 33.8 Å². The van der Waals surface area contributed by atoms with Crippen LogP contribution in [-0.4, -0.2) is 54.2 Å². The molecule has 2 N–H and O–H groups in total. The van der Waals surface area contributed by atoms with Gasteiger partial charge in [-0.05, 0) is 18.2 Å². The van der Waals surface area contributed by atoms with E-state index in [0.717, 1.165) is 26.2 Å². The SMILES string of the molecule is OC(CNCCN1CCSCC1)c1cc(Cl)ccc1Cl. The van der Waals surface area contributed by atoms with Crippen LogP contribution in [0.3, 0.4) is 0 Å². The third-order valence-electron chi connectivity index (χ3n) is 3.36. The van der Waals surface area contributed by atoms with Gasteiger partial charge in [-0.3, -0.25) is 0 Å². The smallest absolute Gasteiger partial charge is 0.0929 e. The second-order valence-corrected chi connectivity index (χ2v) is 6.91. The van der Waals surface area contributed by atoms with Gasteiger partial charge in [0, 0.05) is 59.8 Å². The maximum Gasteiger partial charge on any atom is 0.0929 e. The summed E-state index contributed by atoms with van der Waals surface area (Å²) in [6, 6.07) is 5.16. The van der Waals surface area contributed by atoms with Crippen molar-refractivity contribution in [1.29, 1.82) is 0 Å². The van der Waals surface area contributed by atoms with Crippen molar-refractivity contribution in [2.75, 3.05) is 44.2 Å². The second-order valence-electron chi connectivity index (χ2n) is 4.84. The number of hydrogen-bond acceptors (Lipinski definition) is 4. The molecule has 1 fully saturated rings. The molecule has 2 rings (SSSR count). The van der Waals surface area contributed by atoms with Gasteiger partial charge in [0.1, 0.15) is 0 Å². The lowest BCUT2D eigenvalue weighted by Gasteiger charge is -2.26. The Morgan fingerprint density at radius 1 is 1.30 bits per heavy atom. The fourth-order valence-corrected chi connectivity index (χ4v) is 3.58. The number of aliphatic hydroxyl groups is 1. The highest BCUT2D eigenvalue weighted by Gasteiger charge is 2.13. The molecule has 1 aliphatic rings. The molecule has 0 bridgehead atoms. The Morgan fingerprint density at radius 2 is 2.05 bits per heavy atom. The summed E-state index contributed by atoms with van der Waals surface area (Å²) in [6.45, 7) is 4.71. The summed E-state index contributed by atoms with van der Waals surface area (Å²) in [5, 5.41) is 14.6. The molecule has 0 radical (unpaired) electrons. The zero-order valence-corrected chi connectivity index (χ0v) is 13.6. The molecule has 1 saturated heterocycles. The lowest BCUT2D eigenvalue weighted by Crippen LogP contribution is -2.38. The van der Waals surface area contributed by atoms with Gasteiger partial charge in [-0.25, -0.2) is 0 Å². The summed E-state index contributed by atoms with van der Waals surface area (Å²) in [7, 11) is 0. The fourth-order valence-electron chi connectivity index (χ4n) is 2.18. The van der Waals surface area contributed by atoms with Crippen molar-refractivity contribution in [2.24, 2.45) is 0 Å². The standard InChI is InChI=1S/C14H20Cl2N2OS/c15-11-1-2-13(16)12(9-11)14(19)10-17-3-4-18-5-7-20-8-6-18/h1-2,9,14,17,19H,3-8,10H2. The number of rotatable bonds is 6. The predicted molar refractivity (Wildman–Crippen MR) is 88.1 cm³/mol. The average Bonchev–Trinajstić information content (AvgIpc) is 2.47. The summed E-state index contributed by atoms with van der Waals surface area (Å²) in [6.07, 6.45) is -0.627. The summed E-state index contributed by atoms with van der Waals surface area (Å²) in [5.41, 5.74) is 0.682. The van der Waals surface area contributed by atoms with Crippen molar-refractivity contribution in [3.63, 3.8) is 0 Å². The minimum atomic E-state index is -0.627. The van der Waals surface area contributed by atoms with E-state index in [1.54, 1.807) is 18.2 Å². The molecule has 1 heterocycles. The van der Waals surface area contributed by atoms with E-state index < -0.39 is 6.10 Å². The number of aliphatic hydroxyl groups excluding tert-OH is 1. The number of nitrogens with one attached hydrogen (secondary N) is 1.